The van der Waals surface area contributed by atoms with Gasteiger partial charge in [0.2, 0.25) is 0 Å². The maximum Gasteiger partial charge on any atom is 0.142 e. The molecule has 3 heteroatoms. The van der Waals surface area contributed by atoms with E-state index in [1.807, 2.05) is 13.1 Å². The van der Waals surface area contributed by atoms with Crippen LogP contribution < -0.4 is 10.1 Å². The number of hydrogen-bond acceptors (Lipinski definition) is 2. The summed E-state index contributed by atoms with van der Waals surface area (Å²) in [7, 11) is 1.98. The highest BCUT2D eigenvalue weighted by Gasteiger charge is 2.28. The minimum absolute atomic E-state index is 0.339. The molecule has 2 atom stereocenters. The molecule has 1 aromatic rings. The number of halogens is 1. The molecule has 82 valence electrons. The van der Waals surface area contributed by atoms with Gasteiger partial charge >= 0.3 is 0 Å². The lowest BCUT2D eigenvalue weighted by Gasteiger charge is -2.32. The van der Waals surface area contributed by atoms with Crippen molar-refractivity contribution in [2.75, 3.05) is 13.7 Å². The Morgan fingerprint density at radius 1 is 1.47 bits per heavy atom. The molecule has 15 heavy (non-hydrogen) atoms. The molecule has 1 heterocycles. The van der Waals surface area contributed by atoms with Crippen LogP contribution >= 0.6 is 11.6 Å². The topological polar surface area (TPSA) is 21.3 Å². The molecule has 0 spiro atoms. The molecule has 2 unspecified atom stereocenters. The summed E-state index contributed by atoms with van der Waals surface area (Å²) in [5.41, 5.74) is 2.36. The third-order valence-electron chi connectivity index (χ3n) is 2.92. The van der Waals surface area contributed by atoms with Crippen LogP contribution in [0.1, 0.15) is 24.1 Å². The van der Waals surface area contributed by atoms with Gasteiger partial charge in [-0.3, -0.25) is 0 Å². The monoisotopic (exact) mass is 225 g/mol. The van der Waals surface area contributed by atoms with Crippen molar-refractivity contribution in [3.05, 3.63) is 28.3 Å². The van der Waals surface area contributed by atoms with E-state index in [-0.39, 0.29) is 0 Å². The van der Waals surface area contributed by atoms with Crippen LogP contribution in [-0.2, 0) is 0 Å². The van der Waals surface area contributed by atoms with E-state index in [1.54, 1.807) is 0 Å². The summed E-state index contributed by atoms with van der Waals surface area (Å²) in [5.74, 6) is 1.32. The highest BCUT2D eigenvalue weighted by Crippen LogP contribution is 2.40. The van der Waals surface area contributed by atoms with Crippen LogP contribution in [-0.4, -0.2) is 13.7 Å². The van der Waals surface area contributed by atoms with Gasteiger partial charge in [-0.15, -0.1) is 0 Å². The molecule has 0 saturated carbocycles. The van der Waals surface area contributed by atoms with Gasteiger partial charge in [0.1, 0.15) is 5.75 Å². The van der Waals surface area contributed by atoms with Gasteiger partial charge in [0, 0.05) is 17.5 Å². The smallest absolute Gasteiger partial charge is 0.142 e. The molecule has 1 aliphatic heterocycles. The Hall–Kier alpha value is -0.730. The first-order chi connectivity index (χ1) is 7.13. The Kier molecular flexibility index (Phi) is 2.89. The number of nitrogens with one attached hydrogen (secondary N) is 1. The van der Waals surface area contributed by atoms with Crippen LogP contribution in [0.4, 0.5) is 0 Å². The number of benzene rings is 1. The van der Waals surface area contributed by atoms with E-state index in [0.717, 1.165) is 17.4 Å². The highest BCUT2D eigenvalue weighted by atomic mass is 35.5. The third-order valence-corrected chi connectivity index (χ3v) is 3.20. The molecular formula is C12H16ClNO. The van der Waals surface area contributed by atoms with Gasteiger partial charge in [0.25, 0.3) is 0 Å². The number of hydrogen-bond donors (Lipinski definition) is 1. The number of aryl methyl sites for hydroxylation is 1. The molecule has 0 radical (unpaired) electrons. The summed E-state index contributed by atoms with van der Waals surface area (Å²) in [4.78, 5) is 0. The van der Waals surface area contributed by atoms with E-state index in [1.165, 1.54) is 11.1 Å². The van der Waals surface area contributed by atoms with Crippen molar-refractivity contribution < 1.29 is 4.74 Å². The van der Waals surface area contributed by atoms with Gasteiger partial charge in [-0.25, -0.2) is 0 Å². The van der Waals surface area contributed by atoms with E-state index in [9.17, 15) is 0 Å². The standard InChI is InChI=1S/C12H16ClNO/c1-7-4-9-11(14-3)8(2)6-15-12(9)10(13)5-7/h4-5,8,11,14H,6H2,1-3H3. The number of fused-ring (bicyclic) bond motifs is 1. The van der Waals surface area contributed by atoms with Crippen LogP contribution in [0, 0.1) is 12.8 Å². The van der Waals surface area contributed by atoms with Crippen molar-refractivity contribution in [3.63, 3.8) is 0 Å². The van der Waals surface area contributed by atoms with Crippen molar-refractivity contribution in [1.29, 1.82) is 0 Å². The SMILES string of the molecule is CNC1c2cc(C)cc(Cl)c2OCC1C. The Labute approximate surface area is 95.6 Å². The second-order valence-electron chi connectivity index (χ2n) is 4.22. The van der Waals surface area contributed by atoms with Crippen molar-refractivity contribution in [2.24, 2.45) is 5.92 Å². The predicted octanol–water partition coefficient (Wildman–Crippen LogP) is 2.94. The van der Waals surface area contributed by atoms with Gasteiger partial charge in [-0.1, -0.05) is 24.6 Å². The Morgan fingerprint density at radius 2 is 2.20 bits per heavy atom. The van der Waals surface area contributed by atoms with Crippen LogP contribution in [0.15, 0.2) is 12.1 Å². The molecule has 1 aromatic carbocycles. The van der Waals surface area contributed by atoms with Gasteiger partial charge in [0.15, 0.2) is 0 Å². The zero-order valence-electron chi connectivity index (χ0n) is 9.30. The summed E-state index contributed by atoms with van der Waals surface area (Å²) >= 11 is 6.16. The van der Waals surface area contributed by atoms with Gasteiger partial charge in [0.05, 0.1) is 11.6 Å². The summed E-state index contributed by atoms with van der Waals surface area (Å²) in [6.45, 7) is 4.96. The van der Waals surface area contributed by atoms with Crippen molar-refractivity contribution in [1.82, 2.24) is 5.32 Å². The number of ether oxygens (including phenoxy) is 1. The Morgan fingerprint density at radius 3 is 2.87 bits per heavy atom. The van der Waals surface area contributed by atoms with Crippen LogP contribution in [0.3, 0.4) is 0 Å². The van der Waals surface area contributed by atoms with Gasteiger partial charge < -0.3 is 10.1 Å². The van der Waals surface area contributed by atoms with Crippen LogP contribution in [0.25, 0.3) is 0 Å². The summed E-state index contributed by atoms with van der Waals surface area (Å²) < 4.78 is 5.68. The summed E-state index contributed by atoms with van der Waals surface area (Å²) in [6.07, 6.45) is 0. The molecule has 2 nitrogen and oxygen atoms in total. The number of rotatable bonds is 1. The van der Waals surface area contributed by atoms with Crippen molar-refractivity contribution >= 4 is 11.6 Å². The quantitative estimate of drug-likeness (QED) is 0.794. The second-order valence-corrected chi connectivity index (χ2v) is 4.63. The lowest BCUT2D eigenvalue weighted by atomic mass is 9.91. The van der Waals surface area contributed by atoms with Crippen LogP contribution in [0.2, 0.25) is 5.02 Å². The average Bonchev–Trinajstić information content (AvgIpc) is 2.17. The summed E-state index contributed by atoms with van der Waals surface area (Å²) in [6, 6.07) is 4.44. The molecule has 1 aliphatic rings. The van der Waals surface area contributed by atoms with Gasteiger partial charge in [-0.05, 0) is 25.6 Å². The van der Waals surface area contributed by atoms with Crippen molar-refractivity contribution in [2.45, 2.75) is 19.9 Å². The largest absolute Gasteiger partial charge is 0.491 e. The predicted molar refractivity (Wildman–Crippen MR) is 62.6 cm³/mol. The average molecular weight is 226 g/mol. The molecular weight excluding hydrogens is 210 g/mol. The lowest BCUT2D eigenvalue weighted by Crippen LogP contribution is -2.32. The highest BCUT2D eigenvalue weighted by molar-refractivity contribution is 6.32. The first kappa shape index (κ1) is 10.8. The molecule has 0 aliphatic carbocycles. The lowest BCUT2D eigenvalue weighted by molar-refractivity contribution is 0.193. The fraction of sp³-hybridized carbons (Fsp3) is 0.500. The molecule has 0 saturated heterocycles. The minimum Gasteiger partial charge on any atom is -0.491 e. The normalized spacial score (nSPS) is 24.5. The zero-order valence-corrected chi connectivity index (χ0v) is 10.1. The minimum atomic E-state index is 0.339. The van der Waals surface area contributed by atoms with E-state index >= 15 is 0 Å². The molecule has 1 N–H and O–H groups in total. The van der Waals surface area contributed by atoms with E-state index in [0.29, 0.717) is 12.0 Å². The van der Waals surface area contributed by atoms with Gasteiger partial charge in [-0.2, -0.15) is 0 Å². The maximum atomic E-state index is 6.16. The maximum absolute atomic E-state index is 6.16. The first-order valence-electron chi connectivity index (χ1n) is 5.23. The molecule has 0 fully saturated rings. The Bertz CT molecular complexity index is 378. The van der Waals surface area contributed by atoms with Crippen LogP contribution in [0.5, 0.6) is 5.75 Å². The molecule has 2 rings (SSSR count). The zero-order chi connectivity index (χ0) is 11.0. The molecule has 0 bridgehead atoms. The second kappa shape index (κ2) is 4.03. The van der Waals surface area contributed by atoms with Crippen molar-refractivity contribution in [3.8, 4) is 5.75 Å². The van der Waals surface area contributed by atoms with E-state index < -0.39 is 0 Å². The van der Waals surface area contributed by atoms with E-state index in [2.05, 4.69) is 25.2 Å². The van der Waals surface area contributed by atoms with E-state index in [4.69, 9.17) is 16.3 Å². The molecule has 0 aromatic heterocycles. The first-order valence-corrected chi connectivity index (χ1v) is 5.61. The third kappa shape index (κ3) is 1.84. The fourth-order valence-corrected chi connectivity index (χ4v) is 2.53. The Balaban J connectivity index is 2.52. The summed E-state index contributed by atoms with van der Waals surface area (Å²) in [5, 5.41) is 4.05. The fourth-order valence-electron chi connectivity index (χ4n) is 2.20. The molecule has 0 amide bonds.